The maximum atomic E-state index is 11.6. The van der Waals surface area contributed by atoms with Gasteiger partial charge in [0.1, 0.15) is 25.7 Å². The molecule has 16 heavy (non-hydrogen) atoms. The molecular weight excluding hydrogens is 230 g/mol. The highest BCUT2D eigenvalue weighted by atomic mass is 31.2. The third kappa shape index (κ3) is 1.87. The summed E-state index contributed by atoms with van der Waals surface area (Å²) in [6.07, 6.45) is 0.211. The van der Waals surface area contributed by atoms with Gasteiger partial charge in [0.2, 0.25) is 0 Å². The molecule has 2 saturated heterocycles. The quantitative estimate of drug-likeness (QED) is 0.565. The van der Waals surface area contributed by atoms with Gasteiger partial charge in [0.15, 0.2) is 0 Å². The lowest BCUT2D eigenvalue weighted by Gasteiger charge is -2.29. The molecule has 5 atom stereocenters. The van der Waals surface area contributed by atoms with Crippen molar-refractivity contribution in [2.24, 2.45) is 0 Å². The molecule has 0 aromatic carbocycles. The molecule has 2 rings (SSSR count). The van der Waals surface area contributed by atoms with Gasteiger partial charge in [0, 0.05) is 6.16 Å². The molecule has 2 bridgehead atoms. The summed E-state index contributed by atoms with van der Waals surface area (Å²) in [6, 6.07) is -0.0736. The predicted molar refractivity (Wildman–Crippen MR) is 61.4 cm³/mol. The average Bonchev–Trinajstić information content (AvgIpc) is 2.70. The Kier molecular flexibility index (Phi) is 3.23. The van der Waals surface area contributed by atoms with Crippen LogP contribution in [-0.4, -0.2) is 49.3 Å². The van der Waals surface area contributed by atoms with Crippen LogP contribution < -0.4 is 0 Å². The molecule has 2 aliphatic heterocycles. The summed E-state index contributed by atoms with van der Waals surface area (Å²) in [5.74, 6) is 0. The van der Waals surface area contributed by atoms with Crippen molar-refractivity contribution in [3.8, 4) is 0 Å². The highest BCUT2D eigenvalue weighted by Gasteiger charge is 2.61. The van der Waals surface area contributed by atoms with Crippen LogP contribution in [0, 0.1) is 0 Å². The molecule has 0 aromatic heterocycles. The summed E-state index contributed by atoms with van der Waals surface area (Å²) in [4.78, 5) is 9.57. The van der Waals surface area contributed by atoms with Crippen molar-refractivity contribution in [3.63, 3.8) is 0 Å². The number of ether oxygens (including phenoxy) is 2. The Morgan fingerprint density at radius 2 is 2.31 bits per heavy atom. The zero-order valence-electron chi connectivity index (χ0n) is 9.88. The van der Waals surface area contributed by atoms with E-state index in [1.54, 1.807) is 6.92 Å². The van der Waals surface area contributed by atoms with E-state index in [1.807, 2.05) is 14.8 Å². The number of fused-ring (bicyclic) bond motifs is 2. The molecule has 2 unspecified atom stereocenters. The maximum Gasteiger partial charge on any atom is 0.328 e. The molecule has 2 heterocycles. The van der Waals surface area contributed by atoms with Crippen molar-refractivity contribution < 1.29 is 23.5 Å². The number of hydrogen-bond acceptors (Lipinski definition) is 4. The fraction of sp³-hybridized carbons (Fsp3) is 1.00. The Bertz CT molecular complexity index is 325. The van der Waals surface area contributed by atoms with E-state index >= 15 is 0 Å². The minimum absolute atomic E-state index is 0.0736. The smallest absolute Gasteiger partial charge is 0.328 e. The Labute approximate surface area is 96.4 Å². The van der Waals surface area contributed by atoms with E-state index in [2.05, 4.69) is 0 Å². The van der Waals surface area contributed by atoms with Gasteiger partial charge in [-0.25, -0.2) is 0 Å². The Hall–Kier alpha value is 0.135. The summed E-state index contributed by atoms with van der Waals surface area (Å²) in [7, 11) is -1.59. The normalized spacial score (nSPS) is 45.8. The van der Waals surface area contributed by atoms with Crippen molar-refractivity contribution in [3.05, 3.63) is 0 Å². The van der Waals surface area contributed by atoms with Crippen molar-refractivity contribution in [1.29, 1.82) is 0 Å². The number of hydrogen-bond donors (Lipinski definition) is 1. The van der Waals surface area contributed by atoms with Crippen LogP contribution >= 0.6 is 7.60 Å². The Balaban J connectivity index is 2.18. The summed E-state index contributed by atoms with van der Waals surface area (Å²) < 4.78 is 28.4. The molecule has 0 amide bonds. The van der Waals surface area contributed by atoms with Gasteiger partial charge in [-0.05, 0) is 6.42 Å². The van der Waals surface area contributed by atoms with Crippen molar-refractivity contribution in [2.75, 3.05) is 12.8 Å². The molecule has 5 nitrogen and oxygen atoms in total. The van der Waals surface area contributed by atoms with Gasteiger partial charge in [-0.2, -0.15) is 0 Å². The third-order valence-corrected chi connectivity index (χ3v) is 4.85. The van der Waals surface area contributed by atoms with Crippen molar-refractivity contribution in [2.45, 2.75) is 44.1 Å². The van der Waals surface area contributed by atoms with Gasteiger partial charge in [0.05, 0.1) is 12.6 Å². The first-order chi connectivity index (χ1) is 7.44. The van der Waals surface area contributed by atoms with Crippen LogP contribution in [0.15, 0.2) is 0 Å². The van der Waals surface area contributed by atoms with E-state index in [0.717, 1.165) is 6.42 Å². The molecule has 2 aliphatic rings. The second-order valence-electron chi connectivity index (χ2n) is 4.50. The molecule has 2 fully saturated rings. The summed E-state index contributed by atoms with van der Waals surface area (Å²) in [6.45, 7) is 4.07. The highest BCUT2D eigenvalue weighted by molar-refractivity contribution is 7.52. The van der Waals surface area contributed by atoms with Crippen LogP contribution in [-0.2, 0) is 18.6 Å². The largest absolute Gasteiger partial charge is 0.373 e. The molecule has 0 spiro atoms. The minimum Gasteiger partial charge on any atom is -0.373 e. The summed E-state index contributed by atoms with van der Waals surface area (Å²) >= 11 is 0. The van der Waals surface area contributed by atoms with E-state index in [1.165, 1.54) is 0 Å². The SMILES string of the molecule is B[C@@H]1O[C@]2(CC)CO[C@H]1C2OP(=O)(O)CC. The summed E-state index contributed by atoms with van der Waals surface area (Å²) in [5, 5.41) is 0. The molecule has 0 saturated carbocycles. The van der Waals surface area contributed by atoms with Crippen LogP contribution in [0.2, 0.25) is 0 Å². The molecule has 0 aromatic rings. The zero-order chi connectivity index (χ0) is 12.0. The lowest BCUT2D eigenvalue weighted by Crippen LogP contribution is -2.41. The van der Waals surface area contributed by atoms with E-state index in [0.29, 0.717) is 6.61 Å². The van der Waals surface area contributed by atoms with E-state index in [4.69, 9.17) is 14.0 Å². The van der Waals surface area contributed by atoms with Crippen LogP contribution in [0.3, 0.4) is 0 Å². The number of rotatable bonds is 4. The fourth-order valence-corrected chi connectivity index (χ4v) is 3.24. The Morgan fingerprint density at radius 1 is 1.62 bits per heavy atom. The molecular formula is C9H18BO5P. The monoisotopic (exact) mass is 248 g/mol. The van der Waals surface area contributed by atoms with Gasteiger partial charge >= 0.3 is 7.60 Å². The first-order valence-electron chi connectivity index (χ1n) is 5.74. The van der Waals surface area contributed by atoms with Crippen molar-refractivity contribution in [1.82, 2.24) is 0 Å². The second-order valence-corrected chi connectivity index (χ2v) is 6.61. The second kappa shape index (κ2) is 4.11. The van der Waals surface area contributed by atoms with Crippen molar-refractivity contribution >= 4 is 15.4 Å². The molecule has 0 aliphatic carbocycles. The zero-order valence-corrected chi connectivity index (χ0v) is 10.8. The minimum atomic E-state index is -3.50. The van der Waals surface area contributed by atoms with Crippen LogP contribution in [0.5, 0.6) is 0 Å². The maximum absolute atomic E-state index is 11.6. The summed E-state index contributed by atoms with van der Waals surface area (Å²) in [5.41, 5.74) is -0.530. The Morgan fingerprint density at radius 3 is 2.81 bits per heavy atom. The predicted octanol–water partition coefficient (Wildman–Crippen LogP) is 0.114. The van der Waals surface area contributed by atoms with E-state index < -0.39 is 19.3 Å². The molecule has 7 heteroatoms. The van der Waals surface area contributed by atoms with Gasteiger partial charge in [-0.1, -0.05) is 13.8 Å². The van der Waals surface area contributed by atoms with E-state index in [9.17, 15) is 9.46 Å². The average molecular weight is 248 g/mol. The fourth-order valence-electron chi connectivity index (χ4n) is 2.42. The third-order valence-electron chi connectivity index (χ3n) is 3.50. The van der Waals surface area contributed by atoms with Gasteiger partial charge < -0.3 is 14.4 Å². The van der Waals surface area contributed by atoms with Gasteiger partial charge in [-0.3, -0.25) is 9.09 Å². The van der Waals surface area contributed by atoms with Crippen LogP contribution in [0.4, 0.5) is 0 Å². The highest BCUT2D eigenvalue weighted by Crippen LogP contribution is 2.52. The van der Waals surface area contributed by atoms with Crippen LogP contribution in [0.1, 0.15) is 20.3 Å². The first kappa shape index (κ1) is 12.6. The van der Waals surface area contributed by atoms with Gasteiger partial charge in [0.25, 0.3) is 0 Å². The topological polar surface area (TPSA) is 65.0 Å². The van der Waals surface area contributed by atoms with Crippen LogP contribution in [0.25, 0.3) is 0 Å². The standard InChI is InChI=1S/C9H18BO5P/c1-3-9-5-13-6(8(10)14-9)7(9)15-16(11,12)4-2/h6-8H,3-5,10H2,1-2H3,(H,11,12)/t6-,7?,8+,9+/m0/s1. The first-order valence-corrected chi connectivity index (χ1v) is 7.50. The molecule has 92 valence electrons. The lowest BCUT2D eigenvalue weighted by atomic mass is 9.91. The van der Waals surface area contributed by atoms with E-state index in [-0.39, 0.29) is 18.3 Å². The molecule has 1 N–H and O–H groups in total. The lowest BCUT2D eigenvalue weighted by molar-refractivity contribution is -0.117. The molecule has 0 radical (unpaired) electrons. The van der Waals surface area contributed by atoms with Gasteiger partial charge in [-0.15, -0.1) is 0 Å².